The van der Waals surface area contributed by atoms with Gasteiger partial charge in [0.05, 0.1) is 6.26 Å². The summed E-state index contributed by atoms with van der Waals surface area (Å²) in [6.07, 6.45) is 1.49. The van der Waals surface area contributed by atoms with Crippen molar-refractivity contribution >= 4 is 34.8 Å². The van der Waals surface area contributed by atoms with Crippen LogP contribution in [0.4, 0.5) is 5.69 Å². The second-order valence-corrected chi connectivity index (χ2v) is 4.52. The summed E-state index contributed by atoms with van der Waals surface area (Å²) >= 11 is 5.78. The molecule has 0 saturated heterocycles. The smallest absolute Gasteiger partial charge is 0.329 e. The number of nitrogens with one attached hydrogen (secondary N) is 2. The average molecular weight is 306 g/mol. The summed E-state index contributed by atoms with van der Waals surface area (Å²) in [5.41, 5.74) is 3.02. The van der Waals surface area contributed by atoms with E-state index in [4.69, 9.17) is 16.0 Å². The van der Waals surface area contributed by atoms with Gasteiger partial charge in [0.25, 0.3) is 0 Å². The van der Waals surface area contributed by atoms with Crippen molar-refractivity contribution in [3.63, 3.8) is 0 Å². The van der Waals surface area contributed by atoms with Gasteiger partial charge in [0.15, 0.2) is 0 Å². The van der Waals surface area contributed by atoms with Crippen molar-refractivity contribution in [3.8, 4) is 0 Å². The van der Waals surface area contributed by atoms with Gasteiger partial charge in [0, 0.05) is 10.7 Å². The number of rotatable bonds is 3. The molecule has 0 bridgehead atoms. The maximum atomic E-state index is 11.7. The fraction of sp³-hybridized carbons (Fsp3) is 0.0714. The number of carbonyl (C=O) groups is 2. The van der Waals surface area contributed by atoms with Crippen LogP contribution in [0, 0.1) is 0 Å². The summed E-state index contributed by atoms with van der Waals surface area (Å²) in [4.78, 5) is 23.3. The van der Waals surface area contributed by atoms with Gasteiger partial charge in [-0.3, -0.25) is 9.59 Å². The molecule has 0 aliphatic heterocycles. The number of halogens is 1. The number of benzene rings is 1. The first-order valence-corrected chi connectivity index (χ1v) is 6.39. The van der Waals surface area contributed by atoms with Gasteiger partial charge in [-0.2, -0.15) is 5.10 Å². The summed E-state index contributed by atoms with van der Waals surface area (Å²) < 4.78 is 5.10. The predicted octanol–water partition coefficient (Wildman–Crippen LogP) is 2.41. The minimum Gasteiger partial charge on any atom is -0.463 e. The summed E-state index contributed by atoms with van der Waals surface area (Å²) in [5, 5.41) is 6.65. The fourth-order valence-electron chi connectivity index (χ4n) is 1.48. The van der Waals surface area contributed by atoms with E-state index in [0.29, 0.717) is 22.2 Å². The molecule has 0 atom stereocenters. The molecule has 2 rings (SSSR count). The number of hydrogen-bond acceptors (Lipinski definition) is 4. The Hall–Kier alpha value is -2.60. The van der Waals surface area contributed by atoms with Crippen LogP contribution in [0.1, 0.15) is 12.7 Å². The molecular weight excluding hydrogens is 294 g/mol. The van der Waals surface area contributed by atoms with Gasteiger partial charge < -0.3 is 9.73 Å². The molecule has 2 N–H and O–H groups in total. The van der Waals surface area contributed by atoms with Crippen molar-refractivity contribution in [2.45, 2.75) is 6.92 Å². The molecule has 1 aromatic heterocycles. The highest BCUT2D eigenvalue weighted by atomic mass is 35.5. The minimum absolute atomic E-state index is 0.425. The number of furan rings is 1. The maximum absolute atomic E-state index is 11.7. The van der Waals surface area contributed by atoms with E-state index in [0.717, 1.165) is 0 Å². The Kier molecular flexibility index (Phi) is 4.73. The van der Waals surface area contributed by atoms with Crippen LogP contribution in [-0.4, -0.2) is 17.5 Å². The molecule has 0 spiro atoms. The van der Waals surface area contributed by atoms with Gasteiger partial charge in [-0.05, 0) is 37.3 Å². The van der Waals surface area contributed by atoms with E-state index in [-0.39, 0.29) is 0 Å². The van der Waals surface area contributed by atoms with Crippen molar-refractivity contribution in [2.75, 3.05) is 5.32 Å². The Morgan fingerprint density at radius 3 is 2.67 bits per heavy atom. The van der Waals surface area contributed by atoms with E-state index in [1.807, 2.05) is 0 Å². The van der Waals surface area contributed by atoms with Gasteiger partial charge in [-0.25, -0.2) is 5.43 Å². The second-order valence-electron chi connectivity index (χ2n) is 4.08. The molecule has 7 heteroatoms. The molecule has 0 aliphatic rings. The topological polar surface area (TPSA) is 83.7 Å². The van der Waals surface area contributed by atoms with Gasteiger partial charge in [0.2, 0.25) is 0 Å². The molecule has 21 heavy (non-hydrogen) atoms. The lowest BCUT2D eigenvalue weighted by Crippen LogP contribution is -2.32. The van der Waals surface area contributed by atoms with Crippen LogP contribution in [0.2, 0.25) is 5.02 Å². The van der Waals surface area contributed by atoms with Crippen molar-refractivity contribution in [1.82, 2.24) is 5.43 Å². The summed E-state index contributed by atoms with van der Waals surface area (Å²) in [7, 11) is 0. The third-order valence-corrected chi connectivity index (χ3v) is 2.73. The summed E-state index contributed by atoms with van der Waals surface area (Å²) in [5.74, 6) is -1.22. The van der Waals surface area contributed by atoms with Gasteiger partial charge in [-0.15, -0.1) is 0 Å². The van der Waals surface area contributed by atoms with Crippen molar-refractivity contribution in [1.29, 1.82) is 0 Å². The molecule has 108 valence electrons. The van der Waals surface area contributed by atoms with Crippen LogP contribution in [0.5, 0.6) is 0 Å². The van der Waals surface area contributed by atoms with E-state index in [2.05, 4.69) is 15.8 Å². The lowest BCUT2D eigenvalue weighted by atomic mass is 10.3. The standard InChI is InChI=1S/C14H12ClN3O3/c1-9(12-6-3-7-21-12)17-18-14(20)13(19)16-11-5-2-4-10(15)8-11/h2-8H,1H3,(H,16,19)(H,18,20)/b17-9+. The van der Waals surface area contributed by atoms with E-state index in [1.54, 1.807) is 37.3 Å². The molecule has 1 aromatic carbocycles. The zero-order valence-electron chi connectivity index (χ0n) is 11.1. The molecule has 0 fully saturated rings. The van der Waals surface area contributed by atoms with Crippen LogP contribution < -0.4 is 10.7 Å². The van der Waals surface area contributed by atoms with Crippen LogP contribution in [-0.2, 0) is 9.59 Å². The van der Waals surface area contributed by atoms with Gasteiger partial charge in [-0.1, -0.05) is 17.7 Å². The number of nitrogens with zero attached hydrogens (tertiary/aromatic N) is 1. The SMILES string of the molecule is C/C(=N\NC(=O)C(=O)Nc1cccc(Cl)c1)c1ccco1. The molecule has 6 nitrogen and oxygen atoms in total. The van der Waals surface area contributed by atoms with Crippen molar-refractivity contribution in [2.24, 2.45) is 5.10 Å². The first-order valence-electron chi connectivity index (χ1n) is 6.01. The van der Waals surface area contributed by atoms with Gasteiger partial charge >= 0.3 is 11.8 Å². The number of carbonyl (C=O) groups excluding carboxylic acids is 2. The number of hydrogen-bond donors (Lipinski definition) is 2. The molecule has 1 heterocycles. The Balaban J connectivity index is 1.94. The van der Waals surface area contributed by atoms with Gasteiger partial charge in [0.1, 0.15) is 11.5 Å². The molecule has 2 aromatic rings. The Labute approximate surface area is 125 Å². The van der Waals surface area contributed by atoms with E-state index in [1.165, 1.54) is 12.3 Å². The normalized spacial score (nSPS) is 11.0. The van der Waals surface area contributed by atoms with Crippen LogP contribution in [0.15, 0.2) is 52.2 Å². The Bertz CT molecular complexity index is 681. The molecule has 0 unspecified atom stereocenters. The second kappa shape index (κ2) is 6.71. The fourth-order valence-corrected chi connectivity index (χ4v) is 1.67. The maximum Gasteiger partial charge on any atom is 0.329 e. The monoisotopic (exact) mass is 305 g/mol. The largest absolute Gasteiger partial charge is 0.463 e. The zero-order chi connectivity index (χ0) is 15.2. The van der Waals surface area contributed by atoms with E-state index >= 15 is 0 Å². The van der Waals surface area contributed by atoms with Crippen molar-refractivity contribution in [3.05, 3.63) is 53.4 Å². The highest BCUT2D eigenvalue weighted by Crippen LogP contribution is 2.14. The predicted molar refractivity (Wildman–Crippen MR) is 79.1 cm³/mol. The van der Waals surface area contributed by atoms with Crippen molar-refractivity contribution < 1.29 is 14.0 Å². The molecule has 0 radical (unpaired) electrons. The Morgan fingerprint density at radius 1 is 1.19 bits per heavy atom. The summed E-state index contributed by atoms with van der Waals surface area (Å²) in [6, 6.07) is 9.86. The molecule has 0 aliphatic carbocycles. The van der Waals surface area contributed by atoms with Crippen LogP contribution >= 0.6 is 11.6 Å². The molecule has 0 saturated carbocycles. The molecule has 2 amide bonds. The van der Waals surface area contributed by atoms with Crippen LogP contribution in [0.3, 0.4) is 0 Å². The van der Waals surface area contributed by atoms with Crippen LogP contribution in [0.25, 0.3) is 0 Å². The van der Waals surface area contributed by atoms with E-state index < -0.39 is 11.8 Å². The number of anilines is 1. The zero-order valence-corrected chi connectivity index (χ0v) is 11.8. The lowest BCUT2D eigenvalue weighted by Gasteiger charge is -2.04. The molecular formula is C14H12ClN3O3. The summed E-state index contributed by atoms with van der Waals surface area (Å²) in [6.45, 7) is 1.65. The highest BCUT2D eigenvalue weighted by Gasteiger charge is 2.13. The third-order valence-electron chi connectivity index (χ3n) is 2.49. The highest BCUT2D eigenvalue weighted by molar-refractivity contribution is 6.39. The quantitative estimate of drug-likeness (QED) is 0.519. The Morgan fingerprint density at radius 2 is 2.00 bits per heavy atom. The third kappa shape index (κ3) is 4.19. The minimum atomic E-state index is -0.888. The number of hydrazone groups is 1. The first-order chi connectivity index (χ1) is 10.1. The average Bonchev–Trinajstić information content (AvgIpc) is 2.98. The first kappa shape index (κ1) is 14.8. The van der Waals surface area contributed by atoms with E-state index in [9.17, 15) is 9.59 Å². The number of amides is 2. The lowest BCUT2D eigenvalue weighted by molar-refractivity contribution is -0.136.